The highest BCUT2D eigenvalue weighted by Crippen LogP contribution is 2.30. The number of methoxy groups -OCH3 is 1. The molecule has 27 heavy (non-hydrogen) atoms. The summed E-state index contributed by atoms with van der Waals surface area (Å²) < 4.78 is 11.6. The first-order valence-electron chi connectivity index (χ1n) is 10.4. The number of nitrogens with zero attached hydrogens (tertiary/aromatic N) is 2. The van der Waals surface area contributed by atoms with Gasteiger partial charge in [0, 0.05) is 32.2 Å². The Labute approximate surface area is 163 Å². The van der Waals surface area contributed by atoms with Crippen LogP contribution in [0.15, 0.2) is 18.2 Å². The highest BCUT2D eigenvalue weighted by Gasteiger charge is 2.29. The molecule has 1 aromatic rings. The second-order valence-corrected chi connectivity index (χ2v) is 8.16. The molecule has 5 nitrogen and oxygen atoms in total. The van der Waals surface area contributed by atoms with Crippen molar-refractivity contribution >= 4 is 5.91 Å². The van der Waals surface area contributed by atoms with Crippen molar-refractivity contribution in [2.24, 2.45) is 0 Å². The van der Waals surface area contributed by atoms with Crippen molar-refractivity contribution in [3.8, 4) is 11.5 Å². The second-order valence-electron chi connectivity index (χ2n) is 8.16. The number of rotatable bonds is 6. The Morgan fingerprint density at radius 2 is 1.81 bits per heavy atom. The largest absolute Gasteiger partial charge is 0.497 e. The molecule has 2 aliphatic rings. The average molecular weight is 375 g/mol. The van der Waals surface area contributed by atoms with Gasteiger partial charge >= 0.3 is 0 Å². The van der Waals surface area contributed by atoms with E-state index in [1.165, 1.54) is 25.7 Å². The first-order valence-corrected chi connectivity index (χ1v) is 10.4. The summed E-state index contributed by atoms with van der Waals surface area (Å²) in [6.45, 7) is 6.22. The summed E-state index contributed by atoms with van der Waals surface area (Å²) in [6, 6.07) is 6.46. The van der Waals surface area contributed by atoms with Crippen LogP contribution in [0.5, 0.6) is 11.5 Å². The van der Waals surface area contributed by atoms with Crippen molar-refractivity contribution in [3.05, 3.63) is 23.8 Å². The van der Waals surface area contributed by atoms with E-state index in [2.05, 4.69) is 4.90 Å². The van der Waals surface area contributed by atoms with E-state index in [1.807, 2.05) is 33.0 Å². The zero-order valence-corrected chi connectivity index (χ0v) is 17.2. The van der Waals surface area contributed by atoms with Crippen molar-refractivity contribution < 1.29 is 14.3 Å². The fourth-order valence-electron chi connectivity index (χ4n) is 4.14. The first kappa shape index (κ1) is 20.0. The van der Waals surface area contributed by atoms with E-state index in [-0.39, 0.29) is 18.1 Å². The zero-order chi connectivity index (χ0) is 19.4. The molecule has 3 rings (SSSR count). The molecule has 0 unspecified atom stereocenters. The minimum Gasteiger partial charge on any atom is -0.497 e. The molecule has 1 aromatic carbocycles. The molecule has 1 amide bonds. The van der Waals surface area contributed by atoms with Crippen LogP contribution in [0.2, 0.25) is 0 Å². The molecule has 1 heterocycles. The number of hydrogen-bond acceptors (Lipinski definition) is 4. The molecule has 0 bridgehead atoms. The fourth-order valence-corrected chi connectivity index (χ4v) is 4.14. The maximum Gasteiger partial charge on any atom is 0.257 e. The summed E-state index contributed by atoms with van der Waals surface area (Å²) in [5, 5.41) is 0. The molecular weight excluding hydrogens is 340 g/mol. The highest BCUT2D eigenvalue weighted by molar-refractivity contribution is 5.97. The van der Waals surface area contributed by atoms with Gasteiger partial charge in [0.25, 0.3) is 5.91 Å². The van der Waals surface area contributed by atoms with Gasteiger partial charge in [-0.3, -0.25) is 4.79 Å². The van der Waals surface area contributed by atoms with Gasteiger partial charge in [-0.15, -0.1) is 0 Å². The smallest absolute Gasteiger partial charge is 0.257 e. The minimum atomic E-state index is -0.0257. The summed E-state index contributed by atoms with van der Waals surface area (Å²) in [4.78, 5) is 17.3. The zero-order valence-electron chi connectivity index (χ0n) is 17.2. The van der Waals surface area contributed by atoms with Crippen molar-refractivity contribution in [2.45, 2.75) is 70.6 Å². The van der Waals surface area contributed by atoms with Crippen LogP contribution in [0.1, 0.15) is 62.7 Å². The van der Waals surface area contributed by atoms with E-state index < -0.39 is 0 Å². The van der Waals surface area contributed by atoms with Gasteiger partial charge in [0.15, 0.2) is 0 Å². The number of ether oxygens (including phenoxy) is 2. The fraction of sp³-hybridized carbons (Fsp3) is 0.682. The van der Waals surface area contributed by atoms with Crippen LogP contribution in [-0.4, -0.2) is 61.1 Å². The number of benzene rings is 1. The van der Waals surface area contributed by atoms with Crippen molar-refractivity contribution in [1.29, 1.82) is 0 Å². The van der Waals surface area contributed by atoms with Gasteiger partial charge in [0.1, 0.15) is 17.6 Å². The SMILES string of the molecule is COc1ccc(OC2CCN(C3CCCC3)CC2)c(C(=O)N(C)C(C)C)c1. The molecule has 0 radical (unpaired) electrons. The Morgan fingerprint density at radius 1 is 1.15 bits per heavy atom. The highest BCUT2D eigenvalue weighted by atomic mass is 16.5. The van der Waals surface area contributed by atoms with Gasteiger partial charge in [-0.25, -0.2) is 0 Å². The van der Waals surface area contributed by atoms with Gasteiger partial charge in [-0.1, -0.05) is 12.8 Å². The van der Waals surface area contributed by atoms with E-state index in [4.69, 9.17) is 9.47 Å². The molecule has 0 aromatic heterocycles. The van der Waals surface area contributed by atoms with Crippen molar-refractivity contribution in [1.82, 2.24) is 9.80 Å². The summed E-state index contributed by atoms with van der Waals surface area (Å²) in [5.74, 6) is 1.33. The van der Waals surface area contributed by atoms with E-state index >= 15 is 0 Å². The van der Waals surface area contributed by atoms with Crippen LogP contribution in [0.3, 0.4) is 0 Å². The lowest BCUT2D eigenvalue weighted by molar-refractivity contribution is 0.0693. The number of carbonyl (C=O) groups excluding carboxylic acids is 1. The number of carbonyl (C=O) groups is 1. The predicted molar refractivity (Wildman–Crippen MR) is 108 cm³/mol. The Bertz CT molecular complexity index is 632. The van der Waals surface area contributed by atoms with Crippen molar-refractivity contribution in [2.75, 3.05) is 27.2 Å². The molecule has 0 N–H and O–H groups in total. The van der Waals surface area contributed by atoms with Crippen LogP contribution in [0, 0.1) is 0 Å². The van der Waals surface area contributed by atoms with Gasteiger partial charge in [-0.2, -0.15) is 0 Å². The third-order valence-corrected chi connectivity index (χ3v) is 6.12. The van der Waals surface area contributed by atoms with Gasteiger partial charge in [0.2, 0.25) is 0 Å². The van der Waals surface area contributed by atoms with Crippen molar-refractivity contribution in [3.63, 3.8) is 0 Å². The van der Waals surface area contributed by atoms with Crippen LogP contribution < -0.4 is 9.47 Å². The molecule has 1 saturated carbocycles. The van der Waals surface area contributed by atoms with Crippen LogP contribution in [0.25, 0.3) is 0 Å². The number of likely N-dealkylation sites (tertiary alicyclic amines) is 1. The molecule has 1 saturated heterocycles. The lowest BCUT2D eigenvalue weighted by atomic mass is 10.0. The molecule has 2 fully saturated rings. The minimum absolute atomic E-state index is 0.0257. The number of piperidine rings is 1. The van der Waals surface area contributed by atoms with E-state index in [0.29, 0.717) is 17.1 Å². The van der Waals surface area contributed by atoms with Crippen LogP contribution in [-0.2, 0) is 0 Å². The Kier molecular flexibility index (Phi) is 6.64. The molecule has 5 heteroatoms. The van der Waals surface area contributed by atoms with E-state index in [0.717, 1.165) is 32.0 Å². The van der Waals surface area contributed by atoms with E-state index in [9.17, 15) is 4.79 Å². The predicted octanol–water partition coefficient (Wildman–Crippen LogP) is 3.96. The summed E-state index contributed by atoms with van der Waals surface area (Å²) in [6.07, 6.45) is 7.68. The Morgan fingerprint density at radius 3 is 2.41 bits per heavy atom. The molecule has 150 valence electrons. The topological polar surface area (TPSA) is 42.0 Å². The Hall–Kier alpha value is -1.75. The van der Waals surface area contributed by atoms with Gasteiger partial charge in [0.05, 0.1) is 12.7 Å². The lowest BCUT2D eigenvalue weighted by Gasteiger charge is -2.36. The molecule has 1 aliphatic carbocycles. The Balaban J connectivity index is 1.68. The molecule has 0 spiro atoms. The van der Waals surface area contributed by atoms with Crippen LogP contribution >= 0.6 is 0 Å². The maximum atomic E-state index is 12.9. The number of hydrogen-bond donors (Lipinski definition) is 0. The lowest BCUT2D eigenvalue weighted by Crippen LogP contribution is -2.43. The summed E-state index contributed by atoms with van der Waals surface area (Å²) in [7, 11) is 3.45. The molecule has 0 atom stereocenters. The number of amides is 1. The average Bonchev–Trinajstić information content (AvgIpc) is 3.22. The van der Waals surface area contributed by atoms with Crippen LogP contribution in [0.4, 0.5) is 0 Å². The normalized spacial score (nSPS) is 19.4. The van der Waals surface area contributed by atoms with Gasteiger partial charge in [-0.05, 0) is 57.7 Å². The van der Waals surface area contributed by atoms with Gasteiger partial charge < -0.3 is 19.3 Å². The van der Waals surface area contributed by atoms with E-state index in [1.54, 1.807) is 18.1 Å². The monoisotopic (exact) mass is 374 g/mol. The molecule has 1 aliphatic heterocycles. The standard InChI is InChI=1S/C22H34N2O3/c1-16(2)23(3)22(25)20-15-19(26-4)9-10-21(20)27-18-11-13-24(14-12-18)17-7-5-6-8-17/h9-10,15-18H,5-8,11-14H2,1-4H3. The maximum absolute atomic E-state index is 12.9. The summed E-state index contributed by atoms with van der Waals surface area (Å²) in [5.41, 5.74) is 0.587. The molecular formula is C22H34N2O3. The third kappa shape index (κ3) is 4.75. The first-order chi connectivity index (χ1) is 13.0. The summed E-state index contributed by atoms with van der Waals surface area (Å²) >= 11 is 0. The third-order valence-electron chi connectivity index (χ3n) is 6.12. The quantitative estimate of drug-likeness (QED) is 0.756. The second kappa shape index (κ2) is 8.96.